The molecule has 1 rings (SSSR count). The largest absolute Gasteiger partial charge is 0.545 e. The first kappa shape index (κ1) is 11.6. The second kappa shape index (κ2) is 3.93. The first-order chi connectivity index (χ1) is 7.34. The third-order valence-electron chi connectivity index (χ3n) is 1.80. The van der Waals surface area contributed by atoms with Gasteiger partial charge in [0.05, 0.1) is 22.6 Å². The summed E-state index contributed by atoms with van der Waals surface area (Å²) >= 11 is 0. The lowest BCUT2D eigenvalue weighted by Gasteiger charge is -2.10. The average Bonchev–Trinajstić information content (AvgIpc) is 2.15. The second-order valence-electron chi connectivity index (χ2n) is 2.82. The molecule has 8 nitrogen and oxygen atoms in total. The van der Waals surface area contributed by atoms with Crippen LogP contribution in [0.5, 0.6) is 0 Å². The predicted octanol–water partition coefficient (Wildman–Crippen LogP) is -1.97. The summed E-state index contributed by atoms with van der Waals surface area (Å²) in [7, 11) is 0. The molecule has 0 bridgehead atoms. The molecule has 0 radical (unpaired) electrons. The first-order valence-corrected chi connectivity index (χ1v) is 3.93. The van der Waals surface area contributed by atoms with Gasteiger partial charge in [0.15, 0.2) is 0 Å². The molecular weight excluding hydrogens is 220 g/mol. The summed E-state index contributed by atoms with van der Waals surface area (Å²) in [5.41, 5.74) is -2.57. The van der Waals surface area contributed by atoms with Crippen LogP contribution in [0.15, 0.2) is 6.07 Å². The molecule has 0 unspecified atom stereocenters. The monoisotopic (exact) mass is 224 g/mol. The van der Waals surface area contributed by atoms with Gasteiger partial charge in [0, 0.05) is 11.6 Å². The maximum atomic E-state index is 10.5. The lowest BCUT2D eigenvalue weighted by molar-refractivity contribution is -0.385. The predicted molar refractivity (Wildman–Crippen MR) is 44.3 cm³/mol. The van der Waals surface area contributed by atoms with E-state index < -0.39 is 33.8 Å². The van der Waals surface area contributed by atoms with Crippen molar-refractivity contribution in [2.24, 2.45) is 0 Å². The van der Waals surface area contributed by atoms with Gasteiger partial charge in [0.2, 0.25) is 0 Å². The molecule has 0 aromatic carbocycles. The van der Waals surface area contributed by atoms with Crippen molar-refractivity contribution < 1.29 is 24.7 Å². The molecule has 0 atom stereocenters. The maximum Gasteiger partial charge on any atom is 0.291 e. The molecule has 8 heteroatoms. The molecule has 1 aromatic rings. The third kappa shape index (κ3) is 1.95. The molecule has 0 aliphatic rings. The van der Waals surface area contributed by atoms with Crippen LogP contribution in [-0.4, -0.2) is 21.8 Å². The van der Waals surface area contributed by atoms with Crippen molar-refractivity contribution in [1.82, 2.24) is 4.98 Å². The first-order valence-electron chi connectivity index (χ1n) is 3.93. The molecule has 0 spiro atoms. The van der Waals surface area contributed by atoms with Crippen LogP contribution in [0.2, 0.25) is 0 Å². The molecule has 1 heterocycles. The van der Waals surface area contributed by atoms with Crippen LogP contribution in [0.4, 0.5) is 5.69 Å². The van der Waals surface area contributed by atoms with E-state index in [4.69, 9.17) is 0 Å². The summed E-state index contributed by atoms with van der Waals surface area (Å²) in [4.78, 5) is 34.0. The standard InChI is InChI=1S/C8H6N2O6/c1-3-5(10(15)16)2-4(7(11)12)6(9-3)8(13)14/h2H,1H3,(H,11,12)(H,13,14)/p-2. The van der Waals surface area contributed by atoms with Gasteiger partial charge in [0.25, 0.3) is 5.69 Å². The van der Waals surface area contributed by atoms with Crippen molar-refractivity contribution in [1.29, 1.82) is 0 Å². The Bertz CT molecular complexity index is 496. The average molecular weight is 224 g/mol. The number of aromatic nitrogens is 1. The number of pyridine rings is 1. The Balaban J connectivity index is 3.55. The molecule has 0 aliphatic heterocycles. The molecule has 0 N–H and O–H groups in total. The third-order valence-corrected chi connectivity index (χ3v) is 1.80. The van der Waals surface area contributed by atoms with E-state index in [0.29, 0.717) is 6.07 Å². The second-order valence-corrected chi connectivity index (χ2v) is 2.82. The summed E-state index contributed by atoms with van der Waals surface area (Å²) < 4.78 is 0. The van der Waals surface area contributed by atoms with E-state index in [0.717, 1.165) is 0 Å². The number of nitrogens with zero attached hydrogens (tertiary/aromatic N) is 2. The minimum Gasteiger partial charge on any atom is -0.545 e. The highest BCUT2D eigenvalue weighted by Gasteiger charge is 2.17. The van der Waals surface area contributed by atoms with E-state index in [9.17, 15) is 29.9 Å². The maximum absolute atomic E-state index is 10.5. The van der Waals surface area contributed by atoms with Gasteiger partial charge in [-0.1, -0.05) is 0 Å². The quantitative estimate of drug-likeness (QED) is 0.428. The molecule has 0 amide bonds. The molecule has 84 valence electrons. The Kier molecular flexibility index (Phi) is 2.84. The van der Waals surface area contributed by atoms with Crippen LogP contribution in [0.25, 0.3) is 0 Å². The summed E-state index contributed by atoms with van der Waals surface area (Å²) in [6, 6.07) is 0.586. The number of hydrogen-bond acceptors (Lipinski definition) is 7. The van der Waals surface area contributed by atoms with Crippen molar-refractivity contribution in [3.8, 4) is 0 Å². The molecule has 0 saturated carbocycles. The highest BCUT2D eigenvalue weighted by atomic mass is 16.6. The fraction of sp³-hybridized carbons (Fsp3) is 0.125. The Labute approximate surface area is 88.3 Å². The number of rotatable bonds is 3. The van der Waals surface area contributed by atoms with Crippen LogP contribution in [-0.2, 0) is 0 Å². The molecule has 0 saturated heterocycles. The smallest absolute Gasteiger partial charge is 0.291 e. The summed E-state index contributed by atoms with van der Waals surface area (Å²) in [5.74, 6) is -3.70. The van der Waals surface area contributed by atoms with Crippen LogP contribution < -0.4 is 10.2 Å². The normalized spacial score (nSPS) is 9.81. The number of carbonyl (C=O) groups is 2. The highest BCUT2D eigenvalue weighted by Crippen LogP contribution is 2.19. The van der Waals surface area contributed by atoms with Gasteiger partial charge in [-0.15, -0.1) is 0 Å². The number of carboxylic acid groups (broad SMARTS) is 2. The van der Waals surface area contributed by atoms with Crippen molar-refractivity contribution >= 4 is 17.6 Å². The van der Waals surface area contributed by atoms with E-state index in [1.165, 1.54) is 6.92 Å². The van der Waals surface area contributed by atoms with E-state index in [2.05, 4.69) is 4.98 Å². The SMILES string of the molecule is Cc1nc(C(=O)[O-])c(C(=O)[O-])cc1[N+](=O)[O-]. The Morgan fingerprint density at radius 3 is 2.25 bits per heavy atom. The van der Waals surface area contributed by atoms with E-state index in [1.54, 1.807) is 0 Å². The van der Waals surface area contributed by atoms with Gasteiger partial charge in [-0.2, -0.15) is 0 Å². The van der Waals surface area contributed by atoms with E-state index in [-0.39, 0.29) is 5.69 Å². The van der Waals surface area contributed by atoms with Crippen LogP contribution in [0.3, 0.4) is 0 Å². The lowest BCUT2D eigenvalue weighted by Crippen LogP contribution is -2.31. The Morgan fingerprint density at radius 1 is 1.31 bits per heavy atom. The molecular formula is C8H4N2O6-2. The van der Waals surface area contributed by atoms with Gasteiger partial charge >= 0.3 is 0 Å². The number of hydrogen-bond donors (Lipinski definition) is 0. The van der Waals surface area contributed by atoms with Crippen LogP contribution >= 0.6 is 0 Å². The van der Waals surface area contributed by atoms with Crippen LogP contribution in [0.1, 0.15) is 26.5 Å². The number of aryl methyl sites for hydroxylation is 1. The van der Waals surface area contributed by atoms with Gasteiger partial charge in [-0.25, -0.2) is 4.98 Å². The number of aromatic carboxylic acids is 2. The van der Waals surface area contributed by atoms with E-state index >= 15 is 0 Å². The van der Waals surface area contributed by atoms with Gasteiger partial charge in [-0.3, -0.25) is 10.1 Å². The number of nitro groups is 1. The van der Waals surface area contributed by atoms with E-state index in [1.807, 2.05) is 0 Å². The minimum absolute atomic E-state index is 0.214. The zero-order chi connectivity index (χ0) is 12.5. The van der Waals surface area contributed by atoms with Crippen molar-refractivity contribution in [3.63, 3.8) is 0 Å². The number of carboxylic acids is 2. The molecule has 0 aliphatic carbocycles. The fourth-order valence-corrected chi connectivity index (χ4v) is 1.09. The topological polar surface area (TPSA) is 136 Å². The lowest BCUT2D eigenvalue weighted by atomic mass is 10.1. The molecule has 1 aromatic heterocycles. The van der Waals surface area contributed by atoms with Crippen molar-refractivity contribution in [3.05, 3.63) is 33.1 Å². The number of carbonyl (C=O) groups excluding carboxylic acids is 2. The molecule has 0 fully saturated rings. The zero-order valence-corrected chi connectivity index (χ0v) is 7.92. The van der Waals surface area contributed by atoms with Crippen molar-refractivity contribution in [2.45, 2.75) is 6.92 Å². The van der Waals surface area contributed by atoms with Crippen LogP contribution in [0, 0.1) is 17.0 Å². The van der Waals surface area contributed by atoms with Gasteiger partial charge < -0.3 is 19.8 Å². The minimum atomic E-state index is -1.87. The van der Waals surface area contributed by atoms with Gasteiger partial charge in [0.1, 0.15) is 5.69 Å². The molecule has 16 heavy (non-hydrogen) atoms. The van der Waals surface area contributed by atoms with Crippen molar-refractivity contribution in [2.75, 3.05) is 0 Å². The zero-order valence-electron chi connectivity index (χ0n) is 7.92. The Morgan fingerprint density at radius 2 is 1.88 bits per heavy atom. The summed E-state index contributed by atoms with van der Waals surface area (Å²) in [6.07, 6.45) is 0. The summed E-state index contributed by atoms with van der Waals surface area (Å²) in [6.45, 7) is 1.18. The van der Waals surface area contributed by atoms with Gasteiger partial charge in [-0.05, 0) is 6.92 Å². The Hall–Kier alpha value is -2.51. The summed E-state index contributed by atoms with van der Waals surface area (Å²) in [5, 5.41) is 31.5. The highest BCUT2D eigenvalue weighted by molar-refractivity contribution is 5.99. The fourth-order valence-electron chi connectivity index (χ4n) is 1.09.